The van der Waals surface area contributed by atoms with Gasteiger partial charge in [0.15, 0.2) is 0 Å². The topological polar surface area (TPSA) is 58.6 Å². The highest BCUT2D eigenvalue weighted by Crippen LogP contribution is 2.31. The number of nitrogens with one attached hydrogen (secondary N) is 1. The summed E-state index contributed by atoms with van der Waals surface area (Å²) in [7, 11) is 0. The number of carbonyl (C=O) groups is 2. The molecule has 5 heteroatoms. The number of piperidine rings is 1. The number of ether oxygens (including phenoxy) is 1. The van der Waals surface area contributed by atoms with Crippen LogP contribution in [0.2, 0.25) is 0 Å². The molecule has 0 unspecified atom stereocenters. The molecule has 0 bridgehead atoms. The minimum atomic E-state index is -0.349. The highest BCUT2D eigenvalue weighted by molar-refractivity contribution is 5.90. The third kappa shape index (κ3) is 3.30. The van der Waals surface area contributed by atoms with E-state index in [1.54, 1.807) is 4.90 Å². The summed E-state index contributed by atoms with van der Waals surface area (Å²) in [5, 5.41) is 3.21. The van der Waals surface area contributed by atoms with Crippen molar-refractivity contribution in [3.8, 4) is 0 Å². The molecule has 3 atom stereocenters. The summed E-state index contributed by atoms with van der Waals surface area (Å²) >= 11 is 0. The van der Waals surface area contributed by atoms with Gasteiger partial charge < -0.3 is 15.0 Å². The lowest BCUT2D eigenvalue weighted by molar-refractivity contribution is -0.149. The Morgan fingerprint density at radius 1 is 1.08 bits per heavy atom. The number of fused-ring (bicyclic) bond motifs is 1. The molecule has 1 aliphatic carbocycles. The zero-order valence-electron chi connectivity index (χ0n) is 14.6. The minimum Gasteiger partial charge on any atom is -0.368 e. The zero-order chi connectivity index (χ0) is 17.2. The average Bonchev–Trinajstić information content (AvgIpc) is 3.32. The molecule has 0 radical (unpaired) electrons. The van der Waals surface area contributed by atoms with Crippen molar-refractivity contribution in [2.24, 2.45) is 0 Å². The van der Waals surface area contributed by atoms with E-state index in [-0.39, 0.29) is 30.0 Å². The number of likely N-dealkylation sites (tertiary alicyclic amines) is 1. The van der Waals surface area contributed by atoms with Crippen molar-refractivity contribution >= 4 is 11.8 Å². The predicted molar refractivity (Wildman–Crippen MR) is 94.0 cm³/mol. The molecular formula is C20H26N2O3. The molecule has 1 aromatic carbocycles. The van der Waals surface area contributed by atoms with Crippen LogP contribution in [0, 0.1) is 0 Å². The molecule has 5 nitrogen and oxygen atoms in total. The van der Waals surface area contributed by atoms with Crippen molar-refractivity contribution in [1.82, 2.24) is 10.2 Å². The standard InChI is InChI=1S/C20H26N2O3/c23-19(21-16-11-10-14-6-1-2-7-15(14)16)17-8-3-4-12-22(17)20(24)18-9-5-13-25-18/h1-2,6-7,16-18H,3-5,8-13H2,(H,21,23)/t16-,17-,18-/m1/s1. The molecule has 4 rings (SSSR count). The first-order valence-corrected chi connectivity index (χ1v) is 9.54. The molecule has 2 amide bonds. The van der Waals surface area contributed by atoms with Crippen molar-refractivity contribution in [2.75, 3.05) is 13.2 Å². The molecule has 25 heavy (non-hydrogen) atoms. The molecule has 0 aromatic heterocycles. The summed E-state index contributed by atoms with van der Waals surface area (Å²) in [6.07, 6.45) is 6.02. The van der Waals surface area contributed by atoms with Crippen molar-refractivity contribution in [2.45, 2.75) is 63.1 Å². The number of rotatable bonds is 3. The largest absolute Gasteiger partial charge is 0.368 e. The Hall–Kier alpha value is -1.88. The van der Waals surface area contributed by atoms with Gasteiger partial charge in [-0.1, -0.05) is 24.3 Å². The number of hydrogen-bond donors (Lipinski definition) is 1. The lowest BCUT2D eigenvalue weighted by Crippen LogP contribution is -2.54. The maximum absolute atomic E-state index is 12.9. The van der Waals surface area contributed by atoms with E-state index in [9.17, 15) is 9.59 Å². The fourth-order valence-corrected chi connectivity index (χ4v) is 4.40. The van der Waals surface area contributed by atoms with Gasteiger partial charge in [-0.15, -0.1) is 0 Å². The van der Waals surface area contributed by atoms with Gasteiger partial charge >= 0.3 is 0 Å². The normalized spacial score (nSPS) is 28.6. The lowest BCUT2D eigenvalue weighted by atomic mass is 9.99. The van der Waals surface area contributed by atoms with Crippen molar-refractivity contribution in [3.63, 3.8) is 0 Å². The monoisotopic (exact) mass is 342 g/mol. The number of aryl methyl sites for hydroxylation is 1. The van der Waals surface area contributed by atoms with Crippen LogP contribution in [0.4, 0.5) is 0 Å². The lowest BCUT2D eigenvalue weighted by Gasteiger charge is -2.36. The molecular weight excluding hydrogens is 316 g/mol. The number of nitrogens with zero attached hydrogens (tertiary/aromatic N) is 1. The second kappa shape index (κ2) is 7.16. The van der Waals surface area contributed by atoms with Crippen LogP contribution in [-0.4, -0.2) is 42.0 Å². The maximum Gasteiger partial charge on any atom is 0.252 e. The quantitative estimate of drug-likeness (QED) is 0.917. The average molecular weight is 342 g/mol. The SMILES string of the molecule is O=C(N[C@@H]1CCc2ccccc21)[C@H]1CCCCN1C(=O)[C@H]1CCCO1. The Balaban J connectivity index is 1.45. The second-order valence-electron chi connectivity index (χ2n) is 7.34. The first-order valence-electron chi connectivity index (χ1n) is 9.54. The van der Waals surface area contributed by atoms with Gasteiger partial charge in [0.05, 0.1) is 6.04 Å². The van der Waals surface area contributed by atoms with Gasteiger partial charge in [0.1, 0.15) is 12.1 Å². The van der Waals surface area contributed by atoms with E-state index in [0.717, 1.165) is 44.9 Å². The Morgan fingerprint density at radius 3 is 2.80 bits per heavy atom. The number of hydrogen-bond acceptors (Lipinski definition) is 3. The molecule has 134 valence electrons. The Kier molecular flexibility index (Phi) is 4.75. The van der Waals surface area contributed by atoms with Gasteiger partial charge in [-0.25, -0.2) is 0 Å². The number of benzene rings is 1. The minimum absolute atomic E-state index is 0.00386. The zero-order valence-corrected chi connectivity index (χ0v) is 14.6. The van der Waals surface area contributed by atoms with Crippen LogP contribution >= 0.6 is 0 Å². The predicted octanol–water partition coefficient (Wildman–Crippen LogP) is 2.35. The van der Waals surface area contributed by atoms with Gasteiger partial charge in [0.2, 0.25) is 5.91 Å². The van der Waals surface area contributed by atoms with E-state index >= 15 is 0 Å². The van der Waals surface area contributed by atoms with E-state index in [2.05, 4.69) is 17.4 Å². The molecule has 2 saturated heterocycles. The van der Waals surface area contributed by atoms with Crippen LogP contribution in [0.5, 0.6) is 0 Å². The fraction of sp³-hybridized carbons (Fsp3) is 0.600. The third-order valence-electron chi connectivity index (χ3n) is 5.74. The molecule has 1 aromatic rings. The highest BCUT2D eigenvalue weighted by atomic mass is 16.5. The summed E-state index contributed by atoms with van der Waals surface area (Å²) in [4.78, 5) is 27.5. The highest BCUT2D eigenvalue weighted by Gasteiger charge is 2.38. The molecule has 2 aliphatic heterocycles. The van der Waals surface area contributed by atoms with Crippen LogP contribution in [0.3, 0.4) is 0 Å². The van der Waals surface area contributed by atoms with Crippen molar-refractivity contribution in [1.29, 1.82) is 0 Å². The van der Waals surface area contributed by atoms with Crippen LogP contribution in [0.1, 0.15) is 55.7 Å². The van der Waals surface area contributed by atoms with Crippen LogP contribution in [0.25, 0.3) is 0 Å². The molecule has 3 aliphatic rings. The van der Waals surface area contributed by atoms with E-state index in [1.165, 1.54) is 11.1 Å². The van der Waals surface area contributed by atoms with E-state index in [1.807, 2.05) is 12.1 Å². The Morgan fingerprint density at radius 2 is 1.96 bits per heavy atom. The van der Waals surface area contributed by atoms with Crippen molar-refractivity contribution in [3.05, 3.63) is 35.4 Å². The van der Waals surface area contributed by atoms with Gasteiger partial charge in [-0.2, -0.15) is 0 Å². The fourth-order valence-electron chi connectivity index (χ4n) is 4.40. The first kappa shape index (κ1) is 16.6. The smallest absolute Gasteiger partial charge is 0.252 e. The van der Waals surface area contributed by atoms with Crippen molar-refractivity contribution < 1.29 is 14.3 Å². The summed E-state index contributed by atoms with van der Waals surface area (Å²) < 4.78 is 5.55. The first-order chi connectivity index (χ1) is 12.2. The van der Waals surface area contributed by atoms with E-state index < -0.39 is 0 Å². The maximum atomic E-state index is 12.9. The summed E-state index contributed by atoms with van der Waals surface area (Å²) in [6, 6.07) is 8.03. The molecule has 2 heterocycles. The van der Waals surface area contributed by atoms with Crippen LogP contribution in [0.15, 0.2) is 24.3 Å². The summed E-state index contributed by atoms with van der Waals surface area (Å²) in [5.74, 6) is -0.00285. The van der Waals surface area contributed by atoms with Crippen LogP contribution in [-0.2, 0) is 20.7 Å². The molecule has 0 saturated carbocycles. The molecule has 2 fully saturated rings. The number of carbonyl (C=O) groups excluding carboxylic acids is 2. The summed E-state index contributed by atoms with van der Waals surface area (Å²) in [6.45, 7) is 1.32. The second-order valence-corrected chi connectivity index (χ2v) is 7.34. The van der Waals surface area contributed by atoms with Gasteiger partial charge in [0, 0.05) is 13.2 Å². The third-order valence-corrected chi connectivity index (χ3v) is 5.74. The van der Waals surface area contributed by atoms with Crippen LogP contribution < -0.4 is 5.32 Å². The van der Waals surface area contributed by atoms with E-state index in [4.69, 9.17) is 4.74 Å². The Bertz CT molecular complexity index is 654. The molecule has 1 N–H and O–H groups in total. The molecule has 0 spiro atoms. The van der Waals surface area contributed by atoms with Gasteiger partial charge in [-0.3, -0.25) is 9.59 Å². The van der Waals surface area contributed by atoms with E-state index in [0.29, 0.717) is 13.2 Å². The Labute approximate surface area is 148 Å². The summed E-state index contributed by atoms with van der Waals surface area (Å²) in [5.41, 5.74) is 2.55. The van der Waals surface area contributed by atoms with Gasteiger partial charge in [-0.05, 0) is 56.1 Å². The van der Waals surface area contributed by atoms with Gasteiger partial charge in [0.25, 0.3) is 5.91 Å². The number of amides is 2.